The maximum absolute atomic E-state index is 13.2. The molecule has 1 aromatic rings. The van der Waals surface area contributed by atoms with Gasteiger partial charge in [-0.1, -0.05) is 32.4 Å². The second-order valence-corrected chi connectivity index (χ2v) is 10.1. The number of nitrogens with one attached hydrogen (secondary N) is 3. The number of carbonyl (C=O) groups excluding carboxylic acids is 4. The van der Waals surface area contributed by atoms with Crippen molar-refractivity contribution in [1.29, 1.82) is 0 Å². The molecule has 1 aromatic carbocycles. The Hall–Kier alpha value is -3.32. The highest BCUT2D eigenvalue weighted by Crippen LogP contribution is 2.12. The molecule has 0 aromatic heterocycles. The van der Waals surface area contributed by atoms with Crippen LogP contribution in [0.25, 0.3) is 0 Å². The third-order valence-corrected chi connectivity index (χ3v) is 6.71. The number of primary amides is 1. The molecule has 0 saturated carbocycles. The molecule has 12 nitrogen and oxygen atoms in total. The fourth-order valence-corrected chi connectivity index (χ4v) is 4.00. The van der Waals surface area contributed by atoms with Gasteiger partial charge in [-0.2, -0.15) is 11.8 Å². The summed E-state index contributed by atoms with van der Waals surface area (Å²) in [6, 6.07) is 1.76. The van der Waals surface area contributed by atoms with Crippen LogP contribution in [0, 0.1) is 5.92 Å². The summed E-state index contributed by atoms with van der Waals surface area (Å²) in [6.45, 7) is 3.45. The van der Waals surface area contributed by atoms with Gasteiger partial charge in [-0.05, 0) is 54.9 Å². The number of phenolic OH excluding ortho intramolecular Hbond substituents is 1. The van der Waals surface area contributed by atoms with E-state index in [1.54, 1.807) is 26.0 Å². The van der Waals surface area contributed by atoms with Gasteiger partial charge in [0.05, 0.1) is 6.04 Å². The molecule has 0 fully saturated rings. The quantitative estimate of drug-likeness (QED) is 0.137. The Labute approximate surface area is 226 Å². The van der Waals surface area contributed by atoms with E-state index in [9.17, 15) is 34.2 Å². The zero-order valence-corrected chi connectivity index (χ0v) is 22.8. The van der Waals surface area contributed by atoms with Gasteiger partial charge in [-0.3, -0.25) is 19.2 Å². The fourth-order valence-electron chi connectivity index (χ4n) is 3.53. The summed E-state index contributed by atoms with van der Waals surface area (Å²) in [5.41, 5.74) is 12.0. The van der Waals surface area contributed by atoms with Crippen molar-refractivity contribution in [1.82, 2.24) is 16.0 Å². The number of phenols is 1. The number of carboxylic acid groups (broad SMARTS) is 1. The lowest BCUT2D eigenvalue weighted by Gasteiger charge is -2.26. The minimum absolute atomic E-state index is 0.0781. The number of benzene rings is 1. The van der Waals surface area contributed by atoms with Crippen molar-refractivity contribution in [3.05, 3.63) is 29.8 Å². The van der Waals surface area contributed by atoms with Crippen molar-refractivity contribution in [2.24, 2.45) is 17.4 Å². The van der Waals surface area contributed by atoms with Gasteiger partial charge in [0, 0.05) is 6.42 Å². The van der Waals surface area contributed by atoms with Crippen molar-refractivity contribution >= 4 is 41.4 Å². The average molecular weight is 554 g/mol. The van der Waals surface area contributed by atoms with Crippen LogP contribution in [0.2, 0.25) is 0 Å². The number of amides is 4. The van der Waals surface area contributed by atoms with Crippen LogP contribution < -0.4 is 27.4 Å². The molecule has 212 valence electrons. The van der Waals surface area contributed by atoms with Crippen molar-refractivity contribution in [2.45, 2.75) is 70.1 Å². The predicted octanol–water partition coefficient (Wildman–Crippen LogP) is -0.134. The van der Waals surface area contributed by atoms with Crippen LogP contribution >= 0.6 is 11.8 Å². The van der Waals surface area contributed by atoms with Crippen molar-refractivity contribution in [2.75, 3.05) is 12.0 Å². The molecule has 0 bridgehead atoms. The number of hydrogen-bond donors (Lipinski definition) is 7. The second kappa shape index (κ2) is 16.5. The Bertz CT molecular complexity index is 960. The Morgan fingerprint density at radius 3 is 2.03 bits per heavy atom. The summed E-state index contributed by atoms with van der Waals surface area (Å²) >= 11 is 1.45. The van der Waals surface area contributed by atoms with E-state index < -0.39 is 53.8 Å². The lowest BCUT2D eigenvalue weighted by Crippen LogP contribution is -2.58. The first-order valence-electron chi connectivity index (χ1n) is 12.3. The van der Waals surface area contributed by atoms with Crippen LogP contribution in [0.3, 0.4) is 0 Å². The van der Waals surface area contributed by atoms with Gasteiger partial charge < -0.3 is 37.6 Å². The third kappa shape index (κ3) is 11.4. The topological polar surface area (TPSA) is 214 Å². The molecule has 0 aliphatic rings. The summed E-state index contributed by atoms with van der Waals surface area (Å²) in [4.78, 5) is 61.9. The minimum Gasteiger partial charge on any atom is -0.508 e. The third-order valence-electron chi connectivity index (χ3n) is 6.06. The maximum atomic E-state index is 13.2. The van der Waals surface area contributed by atoms with Crippen LogP contribution in [0.1, 0.15) is 45.1 Å². The normalized spacial score (nSPS) is 14.8. The van der Waals surface area contributed by atoms with E-state index in [0.29, 0.717) is 17.7 Å². The van der Waals surface area contributed by atoms with Crippen LogP contribution in [-0.4, -0.2) is 76.0 Å². The highest BCUT2D eigenvalue weighted by molar-refractivity contribution is 7.98. The van der Waals surface area contributed by atoms with Gasteiger partial charge in [-0.25, -0.2) is 4.79 Å². The molecular weight excluding hydrogens is 514 g/mol. The van der Waals surface area contributed by atoms with E-state index in [1.807, 2.05) is 6.26 Å². The molecule has 5 unspecified atom stereocenters. The minimum atomic E-state index is -1.25. The molecule has 9 N–H and O–H groups in total. The Kier molecular flexibility index (Phi) is 14.2. The number of aliphatic carboxylic acids is 1. The van der Waals surface area contributed by atoms with E-state index in [4.69, 9.17) is 11.5 Å². The average Bonchev–Trinajstić information content (AvgIpc) is 2.87. The summed E-state index contributed by atoms with van der Waals surface area (Å²) in [5.74, 6) is -3.74. The van der Waals surface area contributed by atoms with E-state index in [2.05, 4.69) is 16.0 Å². The van der Waals surface area contributed by atoms with E-state index in [-0.39, 0.29) is 37.4 Å². The van der Waals surface area contributed by atoms with Crippen LogP contribution in [-0.2, 0) is 30.4 Å². The van der Waals surface area contributed by atoms with Crippen molar-refractivity contribution in [3.8, 4) is 5.75 Å². The largest absolute Gasteiger partial charge is 0.508 e. The van der Waals surface area contributed by atoms with Crippen LogP contribution in [0.15, 0.2) is 24.3 Å². The number of rotatable bonds is 17. The monoisotopic (exact) mass is 553 g/mol. The van der Waals surface area contributed by atoms with Gasteiger partial charge in [0.2, 0.25) is 23.6 Å². The summed E-state index contributed by atoms with van der Waals surface area (Å²) in [5, 5.41) is 26.5. The SMILES string of the molecule is CCC(C)C(NC(=O)C(CCC(N)=O)NC(=O)C(CCSC)NC(=O)C(N)Cc1ccc(O)cc1)C(=O)O. The van der Waals surface area contributed by atoms with Crippen molar-refractivity contribution < 1.29 is 34.2 Å². The first-order valence-corrected chi connectivity index (χ1v) is 13.7. The van der Waals surface area contributed by atoms with Crippen LogP contribution in [0.4, 0.5) is 0 Å². The zero-order valence-electron chi connectivity index (χ0n) is 21.9. The molecule has 0 heterocycles. The molecule has 0 saturated heterocycles. The van der Waals surface area contributed by atoms with Gasteiger partial charge in [-0.15, -0.1) is 0 Å². The molecule has 1 rings (SSSR count). The highest BCUT2D eigenvalue weighted by atomic mass is 32.2. The fraction of sp³-hybridized carbons (Fsp3) is 0.560. The maximum Gasteiger partial charge on any atom is 0.326 e. The number of thioether (sulfide) groups is 1. The Morgan fingerprint density at radius 2 is 1.50 bits per heavy atom. The van der Waals surface area contributed by atoms with E-state index in [1.165, 1.54) is 23.9 Å². The first-order chi connectivity index (χ1) is 17.9. The van der Waals surface area contributed by atoms with Crippen molar-refractivity contribution in [3.63, 3.8) is 0 Å². The lowest BCUT2D eigenvalue weighted by molar-refractivity contribution is -0.144. The summed E-state index contributed by atoms with van der Waals surface area (Å²) in [6.07, 6.45) is 2.35. The smallest absolute Gasteiger partial charge is 0.326 e. The highest BCUT2D eigenvalue weighted by Gasteiger charge is 2.32. The lowest BCUT2D eigenvalue weighted by atomic mass is 9.98. The molecule has 0 aliphatic heterocycles. The summed E-state index contributed by atoms with van der Waals surface area (Å²) in [7, 11) is 0. The number of hydrogen-bond acceptors (Lipinski definition) is 8. The second-order valence-electron chi connectivity index (χ2n) is 9.10. The standard InChI is InChI=1S/C25H39N5O7S/c1-4-14(2)21(25(36)37)30-24(35)18(9-10-20(27)32)29-23(34)19(11-12-38-3)28-22(33)17(26)13-15-5-7-16(31)8-6-15/h5-8,14,17-19,21,31H,4,9-13,26H2,1-3H3,(H2,27,32)(H,28,33)(H,29,34)(H,30,35)(H,36,37). The molecule has 0 spiro atoms. The van der Waals surface area contributed by atoms with Gasteiger partial charge >= 0.3 is 5.97 Å². The van der Waals surface area contributed by atoms with Gasteiger partial charge in [0.15, 0.2) is 0 Å². The predicted molar refractivity (Wildman–Crippen MR) is 144 cm³/mol. The van der Waals surface area contributed by atoms with Gasteiger partial charge in [0.1, 0.15) is 23.9 Å². The molecular formula is C25H39N5O7S. The van der Waals surface area contributed by atoms with Crippen LogP contribution in [0.5, 0.6) is 5.75 Å². The Morgan fingerprint density at radius 1 is 0.947 bits per heavy atom. The molecule has 13 heteroatoms. The van der Waals surface area contributed by atoms with Gasteiger partial charge in [0.25, 0.3) is 0 Å². The number of aromatic hydroxyl groups is 1. The molecule has 0 radical (unpaired) electrons. The molecule has 4 amide bonds. The molecule has 0 aliphatic carbocycles. The zero-order chi connectivity index (χ0) is 28.8. The first kappa shape index (κ1) is 32.7. The Balaban J connectivity index is 3.00. The molecule has 38 heavy (non-hydrogen) atoms. The number of nitrogens with two attached hydrogens (primary N) is 2. The molecule has 5 atom stereocenters. The summed E-state index contributed by atoms with van der Waals surface area (Å²) < 4.78 is 0. The van der Waals surface area contributed by atoms with E-state index >= 15 is 0 Å². The number of carbonyl (C=O) groups is 5. The van der Waals surface area contributed by atoms with E-state index in [0.717, 1.165) is 0 Å². The number of carboxylic acids is 1.